The lowest BCUT2D eigenvalue weighted by molar-refractivity contribution is 0.175. The third-order valence-corrected chi connectivity index (χ3v) is 3.81. The highest BCUT2D eigenvalue weighted by atomic mass is 32.1. The van der Waals surface area contributed by atoms with Crippen LogP contribution >= 0.6 is 11.3 Å². The molecule has 0 aromatic carbocycles. The van der Waals surface area contributed by atoms with E-state index in [2.05, 4.69) is 11.9 Å². The summed E-state index contributed by atoms with van der Waals surface area (Å²) in [6.07, 6.45) is 0.994. The molecule has 0 aliphatic carbocycles. The van der Waals surface area contributed by atoms with E-state index in [-0.39, 0.29) is 6.04 Å². The van der Waals surface area contributed by atoms with E-state index in [0.29, 0.717) is 5.92 Å². The largest absolute Gasteiger partial charge is 0.385 e. The summed E-state index contributed by atoms with van der Waals surface area (Å²) < 4.78 is 5.07. The predicted molar refractivity (Wildman–Crippen MR) is 64.2 cm³/mol. The Kier molecular flexibility index (Phi) is 4.70. The van der Waals surface area contributed by atoms with Gasteiger partial charge in [-0.05, 0) is 26.2 Å². The molecule has 4 heteroatoms. The molecule has 0 amide bonds. The number of nitrogens with two attached hydrogens (primary N) is 1. The van der Waals surface area contributed by atoms with Crippen LogP contribution in [0.2, 0.25) is 0 Å². The minimum absolute atomic E-state index is 0.0892. The van der Waals surface area contributed by atoms with Crippen molar-refractivity contribution in [1.29, 1.82) is 0 Å². The first-order valence-corrected chi connectivity index (χ1v) is 6.06. The quantitative estimate of drug-likeness (QED) is 0.842. The van der Waals surface area contributed by atoms with Gasteiger partial charge in [-0.15, -0.1) is 11.3 Å². The van der Waals surface area contributed by atoms with Crippen LogP contribution in [0.15, 0.2) is 0 Å². The SMILES string of the molecule is COCCC(C)C(N)c1sc(C)nc1C. The van der Waals surface area contributed by atoms with Crippen LogP contribution in [0, 0.1) is 19.8 Å². The van der Waals surface area contributed by atoms with Gasteiger partial charge in [0, 0.05) is 24.6 Å². The molecule has 1 heterocycles. The Hall–Kier alpha value is -0.450. The van der Waals surface area contributed by atoms with Crippen LogP contribution in [0.4, 0.5) is 0 Å². The summed E-state index contributed by atoms with van der Waals surface area (Å²) in [6, 6.07) is 0.0892. The van der Waals surface area contributed by atoms with E-state index in [1.807, 2.05) is 13.8 Å². The Morgan fingerprint density at radius 1 is 1.47 bits per heavy atom. The van der Waals surface area contributed by atoms with Gasteiger partial charge in [0.1, 0.15) is 0 Å². The normalized spacial score (nSPS) is 15.3. The average Bonchev–Trinajstić information content (AvgIpc) is 2.53. The molecule has 15 heavy (non-hydrogen) atoms. The second-order valence-electron chi connectivity index (χ2n) is 3.97. The third kappa shape index (κ3) is 3.26. The van der Waals surface area contributed by atoms with Gasteiger partial charge in [-0.25, -0.2) is 4.98 Å². The first-order valence-electron chi connectivity index (χ1n) is 5.24. The molecule has 0 aliphatic rings. The summed E-state index contributed by atoms with van der Waals surface area (Å²) in [4.78, 5) is 5.62. The highest BCUT2D eigenvalue weighted by Gasteiger charge is 2.19. The zero-order valence-electron chi connectivity index (χ0n) is 9.91. The lowest BCUT2D eigenvalue weighted by Gasteiger charge is -2.18. The van der Waals surface area contributed by atoms with Gasteiger partial charge < -0.3 is 10.5 Å². The standard InChI is InChI=1S/C11H20N2OS/c1-7(5-6-14-4)10(12)11-8(2)13-9(3)15-11/h7,10H,5-6,12H2,1-4H3. The number of hydrogen-bond acceptors (Lipinski definition) is 4. The highest BCUT2D eigenvalue weighted by molar-refractivity contribution is 7.11. The Morgan fingerprint density at radius 3 is 2.60 bits per heavy atom. The van der Waals surface area contributed by atoms with Crippen LogP contribution in [0.25, 0.3) is 0 Å². The summed E-state index contributed by atoms with van der Waals surface area (Å²) in [7, 11) is 1.72. The molecule has 2 N–H and O–H groups in total. The maximum Gasteiger partial charge on any atom is 0.0900 e. The summed E-state index contributed by atoms with van der Waals surface area (Å²) in [5, 5.41) is 1.09. The van der Waals surface area contributed by atoms with Gasteiger partial charge in [0.15, 0.2) is 0 Å². The van der Waals surface area contributed by atoms with Gasteiger partial charge in [0.05, 0.1) is 10.7 Å². The number of nitrogens with zero attached hydrogens (tertiary/aromatic N) is 1. The maximum absolute atomic E-state index is 6.21. The Bertz CT molecular complexity index is 312. The zero-order chi connectivity index (χ0) is 11.4. The van der Waals surface area contributed by atoms with Crippen molar-refractivity contribution < 1.29 is 4.74 Å². The molecule has 86 valence electrons. The van der Waals surface area contributed by atoms with Gasteiger partial charge >= 0.3 is 0 Å². The minimum atomic E-state index is 0.0892. The van der Waals surface area contributed by atoms with Gasteiger partial charge in [-0.1, -0.05) is 6.92 Å². The molecule has 0 radical (unpaired) electrons. The minimum Gasteiger partial charge on any atom is -0.385 e. The first kappa shape index (κ1) is 12.6. The summed E-state index contributed by atoms with van der Waals surface area (Å²) in [5.41, 5.74) is 7.29. The monoisotopic (exact) mass is 228 g/mol. The number of aromatic nitrogens is 1. The molecule has 0 aliphatic heterocycles. The number of thiazole rings is 1. The zero-order valence-corrected chi connectivity index (χ0v) is 10.7. The predicted octanol–water partition coefficient (Wildman–Crippen LogP) is 2.43. The average molecular weight is 228 g/mol. The first-order chi connectivity index (χ1) is 7.06. The highest BCUT2D eigenvalue weighted by Crippen LogP contribution is 2.29. The van der Waals surface area contributed by atoms with E-state index in [0.717, 1.165) is 23.7 Å². The Labute approximate surface area is 95.7 Å². The molecule has 0 bridgehead atoms. The van der Waals surface area contributed by atoms with E-state index < -0.39 is 0 Å². The molecule has 1 rings (SSSR count). The van der Waals surface area contributed by atoms with Crippen LogP contribution in [0.1, 0.15) is 35.0 Å². The summed E-state index contributed by atoms with van der Waals surface area (Å²) >= 11 is 1.71. The Morgan fingerprint density at radius 2 is 2.13 bits per heavy atom. The van der Waals surface area contributed by atoms with Crippen molar-refractivity contribution in [3.8, 4) is 0 Å². The van der Waals surface area contributed by atoms with Crippen molar-refractivity contribution >= 4 is 11.3 Å². The molecular formula is C11H20N2OS. The van der Waals surface area contributed by atoms with E-state index in [1.165, 1.54) is 4.88 Å². The summed E-state index contributed by atoms with van der Waals surface area (Å²) in [6.45, 7) is 6.99. The molecule has 1 aromatic heterocycles. The van der Waals surface area contributed by atoms with E-state index in [9.17, 15) is 0 Å². The fraction of sp³-hybridized carbons (Fsp3) is 0.727. The second kappa shape index (κ2) is 5.58. The van der Waals surface area contributed by atoms with Gasteiger partial charge in [0.25, 0.3) is 0 Å². The van der Waals surface area contributed by atoms with E-state index >= 15 is 0 Å². The van der Waals surface area contributed by atoms with Crippen molar-refractivity contribution in [3.63, 3.8) is 0 Å². The molecule has 3 nitrogen and oxygen atoms in total. The van der Waals surface area contributed by atoms with Crippen LogP contribution in [0.5, 0.6) is 0 Å². The van der Waals surface area contributed by atoms with E-state index in [1.54, 1.807) is 18.4 Å². The number of aryl methyl sites for hydroxylation is 2. The fourth-order valence-corrected chi connectivity index (χ4v) is 2.66. The molecule has 2 unspecified atom stereocenters. The number of methoxy groups -OCH3 is 1. The summed E-state index contributed by atoms with van der Waals surface area (Å²) in [5.74, 6) is 0.434. The van der Waals surface area contributed by atoms with E-state index in [4.69, 9.17) is 10.5 Å². The third-order valence-electron chi connectivity index (χ3n) is 2.63. The molecular weight excluding hydrogens is 208 g/mol. The Balaban J connectivity index is 2.66. The number of ether oxygens (including phenoxy) is 1. The fourth-order valence-electron chi connectivity index (χ4n) is 1.60. The lowest BCUT2D eigenvalue weighted by atomic mass is 9.97. The lowest BCUT2D eigenvalue weighted by Crippen LogP contribution is -2.20. The van der Waals surface area contributed by atoms with Crippen LogP contribution < -0.4 is 5.73 Å². The number of rotatable bonds is 5. The van der Waals surface area contributed by atoms with Gasteiger partial charge in [-0.3, -0.25) is 0 Å². The van der Waals surface area contributed by atoms with Crippen LogP contribution in [0.3, 0.4) is 0 Å². The number of hydrogen-bond donors (Lipinski definition) is 1. The topological polar surface area (TPSA) is 48.1 Å². The molecule has 0 spiro atoms. The van der Waals surface area contributed by atoms with Crippen molar-refractivity contribution in [1.82, 2.24) is 4.98 Å². The van der Waals surface area contributed by atoms with Crippen molar-refractivity contribution in [2.45, 2.75) is 33.2 Å². The molecule has 0 saturated heterocycles. The van der Waals surface area contributed by atoms with Crippen molar-refractivity contribution in [3.05, 3.63) is 15.6 Å². The molecule has 1 aromatic rings. The molecule has 0 fully saturated rings. The van der Waals surface area contributed by atoms with Crippen molar-refractivity contribution in [2.75, 3.05) is 13.7 Å². The van der Waals surface area contributed by atoms with Crippen molar-refractivity contribution in [2.24, 2.45) is 11.7 Å². The second-order valence-corrected chi connectivity index (χ2v) is 5.20. The van der Waals surface area contributed by atoms with Gasteiger partial charge in [0.2, 0.25) is 0 Å². The van der Waals surface area contributed by atoms with Crippen LogP contribution in [-0.4, -0.2) is 18.7 Å². The molecule has 2 atom stereocenters. The smallest absolute Gasteiger partial charge is 0.0900 e. The van der Waals surface area contributed by atoms with Gasteiger partial charge in [-0.2, -0.15) is 0 Å². The molecule has 0 saturated carbocycles. The maximum atomic E-state index is 6.21. The van der Waals surface area contributed by atoms with Crippen LogP contribution in [-0.2, 0) is 4.74 Å².